The zero-order valence-corrected chi connectivity index (χ0v) is 35.8. The maximum Gasteiger partial charge on any atom is 0.135 e. The summed E-state index contributed by atoms with van der Waals surface area (Å²) in [4.78, 5) is 2.34. The van der Waals surface area contributed by atoms with Crippen LogP contribution in [0.4, 0.5) is 17.1 Å². The largest absolute Gasteiger partial charge is 0.460 e. The van der Waals surface area contributed by atoms with Crippen LogP contribution in [0.1, 0.15) is 18.2 Å². The maximum absolute atomic E-state index is 6.29. The van der Waals surface area contributed by atoms with Gasteiger partial charge in [0.2, 0.25) is 0 Å². The Labute approximate surface area is 376 Å². The summed E-state index contributed by atoms with van der Waals surface area (Å²) < 4.78 is 14.8. The molecule has 0 bridgehead atoms. The molecule has 1 unspecified atom stereocenters. The van der Waals surface area contributed by atoms with E-state index in [0.717, 1.165) is 84.7 Å². The lowest BCUT2D eigenvalue weighted by Gasteiger charge is -2.26. The average Bonchev–Trinajstić information content (AvgIpc) is 4.03. The first kappa shape index (κ1) is 37.2. The van der Waals surface area contributed by atoms with Gasteiger partial charge in [0.25, 0.3) is 0 Å². The van der Waals surface area contributed by atoms with Gasteiger partial charge in [-0.15, -0.1) is 0 Å². The molecule has 13 rings (SSSR count). The molecule has 308 valence electrons. The second-order valence-corrected chi connectivity index (χ2v) is 17.4. The van der Waals surface area contributed by atoms with Crippen LogP contribution in [0.15, 0.2) is 221 Å². The Morgan fingerprint density at radius 3 is 1.45 bits per heavy atom. The standard InChI is InChI=1S/C61H42N2O2/c1-39-14-33-53-55-38-45(24-35-60(55)65-61(53)36-39)43-21-29-48(30-22-43)62(47-27-19-42(20-28-47)44-23-34-59-54(37-44)52-10-4-7-13-58(52)64-59)46-25-15-40(16-26-46)41-17-31-49(32-18-41)63-56-11-5-2-8-50(56)51-9-3-6-12-57(51)63/h2-35,37-39H,36H2,1H3. The van der Waals surface area contributed by atoms with Crippen LogP contribution in [0.3, 0.4) is 0 Å². The van der Waals surface area contributed by atoms with Gasteiger partial charge in [0.1, 0.15) is 22.5 Å². The van der Waals surface area contributed by atoms with Crippen molar-refractivity contribution in [2.45, 2.75) is 13.3 Å². The highest BCUT2D eigenvalue weighted by atomic mass is 16.3. The Bertz CT molecular complexity index is 3740. The molecule has 3 heterocycles. The molecule has 0 saturated carbocycles. The van der Waals surface area contributed by atoms with E-state index >= 15 is 0 Å². The SMILES string of the molecule is CC1C=Cc2c(oc3ccc(-c4ccc(N(c5ccc(-c6ccc(-n7c8ccccc8c8ccccc87)cc6)cc5)c5ccc(-c6ccc7oc8ccccc8c7c6)cc5)cc4)cc23)C1. The van der Waals surface area contributed by atoms with Crippen LogP contribution in [0.25, 0.3) is 99.9 Å². The molecule has 0 radical (unpaired) electrons. The second kappa shape index (κ2) is 14.9. The van der Waals surface area contributed by atoms with E-state index in [1.54, 1.807) is 0 Å². The van der Waals surface area contributed by atoms with E-state index in [4.69, 9.17) is 8.83 Å². The van der Waals surface area contributed by atoms with Crippen LogP contribution >= 0.6 is 0 Å². The number of allylic oxidation sites excluding steroid dienone is 1. The molecule has 1 atom stereocenters. The van der Waals surface area contributed by atoms with Crippen LogP contribution in [0.5, 0.6) is 0 Å². The van der Waals surface area contributed by atoms with Gasteiger partial charge in [-0.3, -0.25) is 0 Å². The number of rotatable bonds is 7. The molecule has 1 aliphatic carbocycles. The highest BCUT2D eigenvalue weighted by Gasteiger charge is 2.20. The molecule has 0 spiro atoms. The second-order valence-electron chi connectivity index (χ2n) is 17.4. The zero-order valence-electron chi connectivity index (χ0n) is 35.8. The molecule has 3 aromatic heterocycles. The van der Waals surface area contributed by atoms with E-state index in [1.165, 1.54) is 43.9 Å². The summed E-state index contributed by atoms with van der Waals surface area (Å²) >= 11 is 0. The minimum Gasteiger partial charge on any atom is -0.460 e. The number of benzene rings is 9. The van der Waals surface area contributed by atoms with Gasteiger partial charge >= 0.3 is 0 Å². The molecule has 0 aliphatic heterocycles. The van der Waals surface area contributed by atoms with Gasteiger partial charge in [-0.1, -0.05) is 134 Å². The van der Waals surface area contributed by atoms with Gasteiger partial charge in [-0.2, -0.15) is 0 Å². The minimum atomic E-state index is 0.488. The third-order valence-electron chi connectivity index (χ3n) is 13.4. The molecular weight excluding hydrogens is 793 g/mol. The molecule has 0 fully saturated rings. The Morgan fingerprint density at radius 2 is 0.862 bits per heavy atom. The van der Waals surface area contributed by atoms with E-state index in [9.17, 15) is 0 Å². The van der Waals surface area contributed by atoms with E-state index in [1.807, 2.05) is 12.1 Å². The molecule has 9 aromatic carbocycles. The van der Waals surface area contributed by atoms with Gasteiger partial charge in [-0.25, -0.2) is 0 Å². The van der Waals surface area contributed by atoms with Crippen LogP contribution in [0.2, 0.25) is 0 Å². The van der Waals surface area contributed by atoms with Crippen molar-refractivity contribution in [2.24, 2.45) is 5.92 Å². The van der Waals surface area contributed by atoms with Crippen molar-refractivity contribution in [3.05, 3.63) is 224 Å². The Hall–Kier alpha value is -8.34. The molecule has 4 heteroatoms. The van der Waals surface area contributed by atoms with Crippen molar-refractivity contribution in [1.29, 1.82) is 0 Å². The number of para-hydroxylation sites is 3. The van der Waals surface area contributed by atoms with Gasteiger partial charge in [0.15, 0.2) is 0 Å². The summed E-state index contributed by atoms with van der Waals surface area (Å²) in [6.07, 6.45) is 5.46. The van der Waals surface area contributed by atoms with Gasteiger partial charge in [-0.05, 0) is 130 Å². The highest BCUT2D eigenvalue weighted by molar-refractivity contribution is 6.09. The number of nitrogens with zero attached hydrogens (tertiary/aromatic N) is 2. The lowest BCUT2D eigenvalue weighted by atomic mass is 9.94. The molecule has 0 saturated heterocycles. The van der Waals surface area contributed by atoms with Gasteiger partial charge in [0, 0.05) is 61.7 Å². The van der Waals surface area contributed by atoms with Crippen molar-refractivity contribution in [2.75, 3.05) is 4.90 Å². The fraction of sp³-hybridized carbons (Fsp3) is 0.0492. The van der Waals surface area contributed by atoms with Crippen LogP contribution in [-0.2, 0) is 6.42 Å². The Morgan fingerprint density at radius 1 is 0.415 bits per heavy atom. The molecule has 12 aromatic rings. The summed E-state index contributed by atoms with van der Waals surface area (Å²) in [6, 6.07) is 74.4. The van der Waals surface area contributed by atoms with E-state index in [-0.39, 0.29) is 0 Å². The molecule has 0 amide bonds. The van der Waals surface area contributed by atoms with Crippen LogP contribution < -0.4 is 4.90 Å². The predicted molar refractivity (Wildman–Crippen MR) is 271 cm³/mol. The lowest BCUT2D eigenvalue weighted by Crippen LogP contribution is -2.09. The number of hydrogen-bond donors (Lipinski definition) is 0. The first-order valence-corrected chi connectivity index (χ1v) is 22.4. The van der Waals surface area contributed by atoms with Crippen molar-refractivity contribution in [3.8, 4) is 39.1 Å². The number of fused-ring (bicyclic) bond motifs is 9. The number of furan rings is 2. The quantitative estimate of drug-likeness (QED) is 0.160. The number of anilines is 3. The fourth-order valence-electron chi connectivity index (χ4n) is 10.1. The zero-order chi connectivity index (χ0) is 43.0. The van der Waals surface area contributed by atoms with Gasteiger partial charge in [0.05, 0.1) is 11.0 Å². The Kier molecular flexibility index (Phi) is 8.53. The van der Waals surface area contributed by atoms with Gasteiger partial charge < -0.3 is 18.3 Å². The fourth-order valence-corrected chi connectivity index (χ4v) is 10.1. The van der Waals surface area contributed by atoms with Crippen molar-refractivity contribution in [1.82, 2.24) is 4.57 Å². The minimum absolute atomic E-state index is 0.488. The third-order valence-corrected chi connectivity index (χ3v) is 13.4. The van der Waals surface area contributed by atoms with Crippen molar-refractivity contribution in [3.63, 3.8) is 0 Å². The molecule has 65 heavy (non-hydrogen) atoms. The maximum atomic E-state index is 6.29. The third kappa shape index (κ3) is 6.29. The summed E-state index contributed by atoms with van der Waals surface area (Å²) in [6.45, 7) is 2.24. The smallest absolute Gasteiger partial charge is 0.135 e. The predicted octanol–water partition coefficient (Wildman–Crippen LogP) is 17.1. The number of aromatic nitrogens is 1. The topological polar surface area (TPSA) is 34.5 Å². The monoisotopic (exact) mass is 834 g/mol. The molecule has 0 N–H and O–H groups in total. The lowest BCUT2D eigenvalue weighted by molar-refractivity contribution is 0.513. The first-order valence-electron chi connectivity index (χ1n) is 22.4. The van der Waals surface area contributed by atoms with Crippen LogP contribution in [0, 0.1) is 5.92 Å². The average molecular weight is 835 g/mol. The van der Waals surface area contributed by atoms with Crippen molar-refractivity contribution < 1.29 is 8.83 Å². The molecule has 4 nitrogen and oxygen atoms in total. The first-order chi connectivity index (χ1) is 32.1. The summed E-state index contributed by atoms with van der Waals surface area (Å²) in [5, 5.41) is 5.97. The van der Waals surface area contributed by atoms with E-state index in [0.29, 0.717) is 5.92 Å². The van der Waals surface area contributed by atoms with Crippen molar-refractivity contribution >= 4 is 77.9 Å². The Balaban J connectivity index is 0.849. The van der Waals surface area contributed by atoms with E-state index in [2.05, 4.69) is 223 Å². The molecular formula is C61H42N2O2. The van der Waals surface area contributed by atoms with Crippen LogP contribution in [-0.4, -0.2) is 4.57 Å². The highest BCUT2D eigenvalue weighted by Crippen LogP contribution is 2.41. The number of hydrogen-bond acceptors (Lipinski definition) is 3. The summed E-state index contributed by atoms with van der Waals surface area (Å²) in [5.74, 6) is 1.57. The van der Waals surface area contributed by atoms with E-state index < -0.39 is 0 Å². The summed E-state index contributed by atoms with van der Waals surface area (Å²) in [5.41, 5.74) is 17.8. The molecule has 1 aliphatic rings. The normalized spacial score (nSPS) is 13.6. The summed E-state index contributed by atoms with van der Waals surface area (Å²) in [7, 11) is 0.